The molecule has 0 aliphatic heterocycles. The molecular weight excluding hydrogens is 751 g/mol. The maximum atomic E-state index is 12.8. The Morgan fingerprint density at radius 2 is 0.933 bits per heavy atom. The van der Waals surface area contributed by atoms with Gasteiger partial charge in [0, 0.05) is 19.3 Å². The quantitative estimate of drug-likeness (QED) is 0.0282. The molecule has 0 aliphatic carbocycles. The van der Waals surface area contributed by atoms with Crippen LogP contribution >= 0.6 is 0 Å². The highest BCUT2D eigenvalue weighted by Crippen LogP contribution is 2.16. The molecule has 0 aromatic carbocycles. The molecule has 0 aromatic rings. The lowest BCUT2D eigenvalue weighted by molar-refractivity contribution is -0.887. The maximum Gasteiger partial charge on any atom is 0.362 e. The van der Waals surface area contributed by atoms with Crippen molar-refractivity contribution >= 4 is 17.9 Å². The molecule has 0 rings (SSSR count). The molecule has 8 nitrogen and oxygen atoms in total. The second-order valence-electron chi connectivity index (χ2n) is 18.1. The largest absolute Gasteiger partial charge is 0.477 e. The van der Waals surface area contributed by atoms with Crippen LogP contribution in [0.4, 0.5) is 0 Å². The lowest BCUT2D eigenvalue weighted by Crippen LogP contribution is -2.50. The summed E-state index contributed by atoms with van der Waals surface area (Å²) < 4.78 is 17.3. The number of aliphatic carboxylic acids is 1. The van der Waals surface area contributed by atoms with Crippen LogP contribution < -0.4 is 0 Å². The minimum atomic E-state index is -0.876. The van der Waals surface area contributed by atoms with E-state index in [1.165, 1.54) is 122 Å². The predicted molar refractivity (Wildman–Crippen MR) is 252 cm³/mol. The van der Waals surface area contributed by atoms with Crippen molar-refractivity contribution in [3.63, 3.8) is 0 Å². The van der Waals surface area contributed by atoms with E-state index in [1.54, 1.807) is 0 Å². The summed E-state index contributed by atoms with van der Waals surface area (Å²) in [6.07, 6.45) is 50.6. The summed E-state index contributed by atoms with van der Waals surface area (Å²) >= 11 is 0. The van der Waals surface area contributed by atoms with Crippen molar-refractivity contribution < 1.29 is 38.2 Å². The summed E-state index contributed by atoms with van der Waals surface area (Å²) in [5.74, 6) is -1.48. The number of esters is 2. The summed E-state index contributed by atoms with van der Waals surface area (Å²) in [5.41, 5.74) is 0. The maximum absolute atomic E-state index is 12.8. The molecule has 0 radical (unpaired) electrons. The standard InChI is InChI=1S/C52H95NO7/c1-6-8-10-12-14-16-18-20-22-23-24-25-26-27-28-29-31-33-35-37-39-41-43-51(55)60-48(46-58-45-44-49(52(56)57)53(3,4)5)47-59-50(54)42-40-38-36-34-32-30-21-19-17-15-13-11-9-7-2/h9,11,15,17,21,30,48-49H,6-8,10,12-14,16,18-20,22-29,31-47H2,1-5H3/p+1/b11-9+,17-15+,30-21+. The molecule has 1 N–H and O–H groups in total. The van der Waals surface area contributed by atoms with Crippen LogP contribution in [-0.2, 0) is 28.6 Å². The minimum absolute atomic E-state index is 0.0566. The average molecular weight is 847 g/mol. The zero-order valence-electron chi connectivity index (χ0n) is 39.9. The molecule has 60 heavy (non-hydrogen) atoms. The third kappa shape index (κ3) is 40.9. The van der Waals surface area contributed by atoms with Gasteiger partial charge in [-0.05, 0) is 44.9 Å². The molecule has 0 heterocycles. The van der Waals surface area contributed by atoms with Crippen molar-refractivity contribution in [3.8, 4) is 0 Å². The van der Waals surface area contributed by atoms with Crippen molar-refractivity contribution in [1.29, 1.82) is 0 Å². The fourth-order valence-electron chi connectivity index (χ4n) is 7.46. The first-order chi connectivity index (χ1) is 29.1. The van der Waals surface area contributed by atoms with Crippen LogP contribution in [0.2, 0.25) is 0 Å². The number of carboxylic acids is 1. The fraction of sp³-hybridized carbons (Fsp3) is 0.827. The molecule has 2 unspecified atom stereocenters. The van der Waals surface area contributed by atoms with Gasteiger partial charge in [0.05, 0.1) is 34.4 Å². The van der Waals surface area contributed by atoms with E-state index in [9.17, 15) is 19.5 Å². The number of likely N-dealkylation sites (N-methyl/N-ethyl adjacent to an activating group) is 1. The van der Waals surface area contributed by atoms with E-state index in [1.807, 2.05) is 21.1 Å². The Bertz CT molecular complexity index is 1080. The SMILES string of the molecule is CC/C=C/C/C=C/C/C=C/CCCCCCC(=O)OCC(COCCC(C(=O)O)[N+](C)(C)C)OC(=O)CCCCCCCCCCCCCCCCCCCCCCCC. The van der Waals surface area contributed by atoms with Gasteiger partial charge >= 0.3 is 17.9 Å². The number of carboxylic acid groups (broad SMARTS) is 1. The summed E-state index contributed by atoms with van der Waals surface area (Å²) in [6.45, 7) is 4.63. The van der Waals surface area contributed by atoms with Crippen LogP contribution in [0.1, 0.15) is 226 Å². The van der Waals surface area contributed by atoms with Gasteiger partial charge in [-0.1, -0.05) is 198 Å². The highest BCUT2D eigenvalue weighted by atomic mass is 16.6. The van der Waals surface area contributed by atoms with Crippen LogP contribution in [0.3, 0.4) is 0 Å². The van der Waals surface area contributed by atoms with Crippen molar-refractivity contribution in [2.45, 2.75) is 238 Å². The summed E-state index contributed by atoms with van der Waals surface area (Å²) in [5, 5.41) is 9.64. The van der Waals surface area contributed by atoms with Crippen LogP contribution in [0.5, 0.6) is 0 Å². The molecule has 0 bridgehead atoms. The van der Waals surface area contributed by atoms with E-state index in [4.69, 9.17) is 14.2 Å². The number of quaternary nitrogens is 1. The van der Waals surface area contributed by atoms with Gasteiger partial charge in [0.2, 0.25) is 0 Å². The first kappa shape index (κ1) is 57.5. The molecule has 0 fully saturated rings. The van der Waals surface area contributed by atoms with Crippen LogP contribution in [0, 0.1) is 0 Å². The highest BCUT2D eigenvalue weighted by molar-refractivity contribution is 5.72. The Balaban J connectivity index is 4.21. The zero-order chi connectivity index (χ0) is 44.2. The van der Waals surface area contributed by atoms with Crippen molar-refractivity contribution in [2.75, 3.05) is 41.0 Å². The molecule has 2 atom stereocenters. The van der Waals surface area contributed by atoms with Crippen molar-refractivity contribution in [1.82, 2.24) is 0 Å². The second-order valence-corrected chi connectivity index (χ2v) is 18.1. The lowest BCUT2D eigenvalue weighted by Gasteiger charge is -2.31. The van der Waals surface area contributed by atoms with Crippen LogP contribution in [0.25, 0.3) is 0 Å². The Hall–Kier alpha value is -2.45. The normalized spacial score (nSPS) is 13.2. The molecule has 8 heteroatoms. The van der Waals surface area contributed by atoms with Gasteiger partial charge in [0.15, 0.2) is 12.1 Å². The molecule has 0 aromatic heterocycles. The summed E-state index contributed by atoms with van der Waals surface area (Å²) in [7, 11) is 5.53. The number of ether oxygens (including phenoxy) is 3. The molecule has 0 amide bonds. The Labute approximate surface area is 370 Å². The van der Waals surface area contributed by atoms with E-state index in [0.717, 1.165) is 70.6 Å². The second kappa shape index (κ2) is 43.2. The van der Waals surface area contributed by atoms with Gasteiger partial charge in [-0.15, -0.1) is 0 Å². The molecule has 0 saturated heterocycles. The number of hydrogen-bond acceptors (Lipinski definition) is 6. The number of unbranched alkanes of at least 4 members (excludes halogenated alkanes) is 25. The zero-order valence-corrected chi connectivity index (χ0v) is 39.9. The molecular formula is C52H96NO7+. The molecule has 0 saturated carbocycles. The number of nitrogens with zero attached hydrogens (tertiary/aromatic N) is 1. The monoisotopic (exact) mass is 847 g/mol. The number of rotatable bonds is 45. The van der Waals surface area contributed by atoms with Crippen molar-refractivity contribution in [2.24, 2.45) is 0 Å². The third-order valence-electron chi connectivity index (χ3n) is 11.3. The molecule has 0 aliphatic rings. The van der Waals surface area contributed by atoms with Gasteiger partial charge in [-0.25, -0.2) is 4.79 Å². The topological polar surface area (TPSA) is 99.1 Å². The average Bonchev–Trinajstić information content (AvgIpc) is 3.21. The van der Waals surface area contributed by atoms with Gasteiger partial charge in [-0.3, -0.25) is 9.59 Å². The van der Waals surface area contributed by atoms with Crippen LogP contribution in [-0.4, -0.2) is 80.6 Å². The van der Waals surface area contributed by atoms with Gasteiger partial charge in [0.25, 0.3) is 0 Å². The number of allylic oxidation sites excluding steroid dienone is 6. The Morgan fingerprint density at radius 1 is 0.517 bits per heavy atom. The van der Waals surface area contributed by atoms with E-state index >= 15 is 0 Å². The van der Waals surface area contributed by atoms with Gasteiger partial charge in [0.1, 0.15) is 6.61 Å². The summed E-state index contributed by atoms with van der Waals surface area (Å²) in [4.78, 5) is 37.1. The van der Waals surface area contributed by atoms with Gasteiger partial charge in [-0.2, -0.15) is 0 Å². The molecule has 350 valence electrons. The first-order valence-electron chi connectivity index (χ1n) is 25.0. The number of carbonyl (C=O) groups is 3. The molecule has 0 spiro atoms. The Morgan fingerprint density at radius 3 is 1.38 bits per heavy atom. The third-order valence-corrected chi connectivity index (χ3v) is 11.3. The smallest absolute Gasteiger partial charge is 0.362 e. The van der Waals surface area contributed by atoms with Gasteiger partial charge < -0.3 is 23.8 Å². The first-order valence-corrected chi connectivity index (χ1v) is 25.0. The summed E-state index contributed by atoms with van der Waals surface area (Å²) in [6, 6.07) is -0.617. The minimum Gasteiger partial charge on any atom is -0.477 e. The van der Waals surface area contributed by atoms with E-state index in [0.29, 0.717) is 19.3 Å². The highest BCUT2D eigenvalue weighted by Gasteiger charge is 2.31. The van der Waals surface area contributed by atoms with E-state index in [-0.39, 0.29) is 36.2 Å². The predicted octanol–water partition coefficient (Wildman–Crippen LogP) is 14.2. The van der Waals surface area contributed by atoms with Crippen molar-refractivity contribution in [3.05, 3.63) is 36.5 Å². The van der Waals surface area contributed by atoms with Crippen LogP contribution in [0.15, 0.2) is 36.5 Å². The number of hydrogen-bond donors (Lipinski definition) is 1. The van der Waals surface area contributed by atoms with E-state index in [2.05, 4.69) is 50.3 Å². The Kier molecular flexibility index (Phi) is 41.4. The number of carbonyl (C=O) groups excluding carboxylic acids is 2. The lowest BCUT2D eigenvalue weighted by atomic mass is 10.0. The fourth-order valence-corrected chi connectivity index (χ4v) is 7.46. The van der Waals surface area contributed by atoms with E-state index < -0.39 is 18.1 Å².